The molecule has 0 bridgehead atoms. The molecule has 26 heavy (non-hydrogen) atoms. The Morgan fingerprint density at radius 2 is 1.92 bits per heavy atom. The van der Waals surface area contributed by atoms with E-state index in [1.807, 2.05) is 48.5 Å². The van der Waals surface area contributed by atoms with Gasteiger partial charge in [0.2, 0.25) is 5.13 Å². The van der Waals surface area contributed by atoms with E-state index in [1.165, 1.54) is 11.3 Å². The highest BCUT2D eigenvalue weighted by Crippen LogP contribution is 2.42. The molecule has 1 unspecified atom stereocenters. The summed E-state index contributed by atoms with van der Waals surface area (Å²) >= 11 is 1.46. The molecule has 7 heteroatoms. The molecular weight excluding hydrogens is 346 g/mol. The minimum atomic E-state index is -0.284. The second-order valence-electron chi connectivity index (χ2n) is 6.33. The maximum Gasteiger partial charge on any atom is 0.324 e. The normalized spacial score (nSPS) is 14.7. The minimum absolute atomic E-state index is 0.233. The molecule has 1 N–H and O–H groups in total. The zero-order valence-corrected chi connectivity index (χ0v) is 15.2. The number of benzene rings is 1. The third-order valence-corrected chi connectivity index (χ3v) is 5.37. The van der Waals surface area contributed by atoms with Crippen molar-refractivity contribution in [1.82, 2.24) is 20.1 Å². The lowest BCUT2D eigenvalue weighted by Gasteiger charge is -2.28. The van der Waals surface area contributed by atoms with Gasteiger partial charge in [0.05, 0.1) is 5.69 Å². The third kappa shape index (κ3) is 3.57. The number of aromatic nitrogens is 3. The topological polar surface area (TPSA) is 71.0 Å². The van der Waals surface area contributed by atoms with Crippen LogP contribution in [-0.4, -0.2) is 33.2 Å². The predicted octanol–water partition coefficient (Wildman–Crippen LogP) is 4.06. The first-order valence-electron chi connectivity index (χ1n) is 8.55. The summed E-state index contributed by atoms with van der Waals surface area (Å²) in [5.74, 6) is 0.529. The second kappa shape index (κ2) is 7.21. The van der Waals surface area contributed by atoms with Crippen LogP contribution in [0, 0.1) is 0 Å². The van der Waals surface area contributed by atoms with E-state index in [1.54, 1.807) is 18.1 Å². The van der Waals surface area contributed by atoms with Crippen LogP contribution in [0.5, 0.6) is 0 Å². The van der Waals surface area contributed by atoms with Gasteiger partial charge in [-0.2, -0.15) is 0 Å². The van der Waals surface area contributed by atoms with Crippen LogP contribution in [0.15, 0.2) is 54.7 Å². The van der Waals surface area contributed by atoms with Crippen molar-refractivity contribution < 1.29 is 4.79 Å². The fourth-order valence-electron chi connectivity index (χ4n) is 2.84. The van der Waals surface area contributed by atoms with Gasteiger partial charge in [0.1, 0.15) is 11.0 Å². The molecule has 0 saturated heterocycles. The van der Waals surface area contributed by atoms with Crippen LogP contribution in [0.25, 0.3) is 0 Å². The summed E-state index contributed by atoms with van der Waals surface area (Å²) in [6.45, 7) is 0. The molecule has 0 aliphatic heterocycles. The zero-order chi connectivity index (χ0) is 17.9. The van der Waals surface area contributed by atoms with Crippen LogP contribution >= 0.6 is 11.3 Å². The minimum Gasteiger partial charge on any atom is -0.315 e. The Balaban J connectivity index is 1.56. The zero-order valence-electron chi connectivity index (χ0n) is 14.4. The molecule has 1 aliphatic rings. The van der Waals surface area contributed by atoms with Gasteiger partial charge in [0, 0.05) is 19.2 Å². The highest BCUT2D eigenvalue weighted by molar-refractivity contribution is 7.15. The summed E-state index contributed by atoms with van der Waals surface area (Å²) in [7, 11) is 1.77. The Labute approximate surface area is 155 Å². The Hall–Kier alpha value is -2.80. The van der Waals surface area contributed by atoms with Crippen molar-refractivity contribution in [3.63, 3.8) is 0 Å². The van der Waals surface area contributed by atoms with Crippen molar-refractivity contribution in [2.75, 3.05) is 12.4 Å². The fraction of sp³-hybridized carbons (Fsp3) is 0.263. The number of nitrogens with zero attached hydrogens (tertiary/aromatic N) is 4. The van der Waals surface area contributed by atoms with Crippen molar-refractivity contribution in [2.45, 2.75) is 24.8 Å². The molecule has 1 fully saturated rings. The van der Waals surface area contributed by atoms with Crippen LogP contribution in [0.2, 0.25) is 0 Å². The molecule has 2 aromatic heterocycles. The van der Waals surface area contributed by atoms with Gasteiger partial charge < -0.3 is 4.90 Å². The first kappa shape index (κ1) is 16.7. The fourth-order valence-corrected chi connectivity index (χ4v) is 3.75. The number of amides is 2. The Kier molecular flexibility index (Phi) is 4.62. The van der Waals surface area contributed by atoms with Gasteiger partial charge in [0.25, 0.3) is 0 Å². The molecule has 2 amide bonds. The average Bonchev–Trinajstić information content (AvgIpc) is 3.43. The lowest BCUT2D eigenvalue weighted by Crippen LogP contribution is -2.35. The number of rotatable bonds is 5. The van der Waals surface area contributed by atoms with E-state index in [4.69, 9.17) is 0 Å². The summed E-state index contributed by atoms with van der Waals surface area (Å²) in [5.41, 5.74) is 1.81. The molecule has 0 radical (unpaired) electrons. The average molecular weight is 365 g/mol. The standard InChI is InChI=1S/C19H19N5OS/c1-24(19(25)21-18-23-22-17(26-18)14-10-11-14)16(13-7-3-2-4-8-13)15-9-5-6-12-20-15/h2-9,12,14,16H,10-11H2,1H3,(H,21,23,25). The van der Waals surface area contributed by atoms with Crippen LogP contribution in [0.4, 0.5) is 9.93 Å². The molecule has 1 saturated carbocycles. The van der Waals surface area contributed by atoms with Gasteiger partial charge >= 0.3 is 6.03 Å². The van der Waals surface area contributed by atoms with Crippen LogP contribution in [0.3, 0.4) is 0 Å². The number of carbonyl (C=O) groups is 1. The maximum atomic E-state index is 12.8. The molecule has 6 nitrogen and oxygen atoms in total. The molecular formula is C19H19N5OS. The van der Waals surface area contributed by atoms with E-state index >= 15 is 0 Å². The number of pyridine rings is 1. The molecule has 1 aliphatic carbocycles. The molecule has 132 valence electrons. The number of hydrogen-bond donors (Lipinski definition) is 1. The smallest absolute Gasteiger partial charge is 0.315 e. The van der Waals surface area contributed by atoms with Crippen molar-refractivity contribution in [3.05, 3.63) is 71.0 Å². The van der Waals surface area contributed by atoms with Crippen molar-refractivity contribution in [1.29, 1.82) is 0 Å². The number of anilines is 1. The molecule has 1 aromatic carbocycles. The summed E-state index contributed by atoms with van der Waals surface area (Å²) in [5, 5.41) is 12.7. The number of nitrogens with one attached hydrogen (secondary N) is 1. The second-order valence-corrected chi connectivity index (χ2v) is 7.34. The Morgan fingerprint density at radius 1 is 1.15 bits per heavy atom. The number of carbonyl (C=O) groups excluding carboxylic acids is 1. The van der Waals surface area contributed by atoms with Gasteiger partial charge in [-0.05, 0) is 30.5 Å². The van der Waals surface area contributed by atoms with E-state index < -0.39 is 0 Å². The van der Waals surface area contributed by atoms with Gasteiger partial charge in [-0.3, -0.25) is 10.3 Å². The maximum absolute atomic E-state index is 12.8. The van der Waals surface area contributed by atoms with E-state index in [0.717, 1.165) is 29.1 Å². The van der Waals surface area contributed by atoms with Gasteiger partial charge in [0.15, 0.2) is 0 Å². The number of urea groups is 1. The molecule has 1 atom stereocenters. The SMILES string of the molecule is CN(C(=O)Nc1nnc(C2CC2)s1)C(c1ccccc1)c1ccccn1. The third-order valence-electron chi connectivity index (χ3n) is 4.37. The number of hydrogen-bond acceptors (Lipinski definition) is 5. The molecule has 4 rings (SSSR count). The molecule has 3 aromatic rings. The van der Waals surface area contributed by atoms with E-state index in [0.29, 0.717) is 11.0 Å². The van der Waals surface area contributed by atoms with Gasteiger partial charge in [-0.15, -0.1) is 10.2 Å². The van der Waals surface area contributed by atoms with Crippen molar-refractivity contribution in [3.8, 4) is 0 Å². The first-order chi connectivity index (χ1) is 12.7. The van der Waals surface area contributed by atoms with Crippen LogP contribution in [0.1, 0.15) is 41.1 Å². The highest BCUT2D eigenvalue weighted by atomic mass is 32.1. The van der Waals surface area contributed by atoms with Gasteiger partial charge in [-0.25, -0.2) is 4.79 Å². The predicted molar refractivity (Wildman–Crippen MR) is 101 cm³/mol. The Morgan fingerprint density at radius 3 is 2.62 bits per heavy atom. The Bertz CT molecular complexity index is 840. The first-order valence-corrected chi connectivity index (χ1v) is 9.37. The lowest BCUT2D eigenvalue weighted by atomic mass is 10.0. The summed E-state index contributed by atoms with van der Waals surface area (Å²) in [4.78, 5) is 18.9. The lowest BCUT2D eigenvalue weighted by molar-refractivity contribution is 0.211. The van der Waals surface area contributed by atoms with E-state index in [-0.39, 0.29) is 12.1 Å². The van der Waals surface area contributed by atoms with Gasteiger partial charge in [-0.1, -0.05) is 47.7 Å². The van der Waals surface area contributed by atoms with Crippen molar-refractivity contribution >= 4 is 22.5 Å². The summed E-state index contributed by atoms with van der Waals surface area (Å²) in [6, 6.07) is 15.1. The highest BCUT2D eigenvalue weighted by Gasteiger charge is 2.29. The monoisotopic (exact) mass is 365 g/mol. The summed E-state index contributed by atoms with van der Waals surface area (Å²) in [6.07, 6.45) is 4.07. The van der Waals surface area contributed by atoms with E-state index in [9.17, 15) is 4.79 Å². The van der Waals surface area contributed by atoms with Crippen molar-refractivity contribution in [2.24, 2.45) is 0 Å². The summed E-state index contributed by atoms with van der Waals surface area (Å²) < 4.78 is 0. The molecule has 2 heterocycles. The molecule has 0 spiro atoms. The largest absolute Gasteiger partial charge is 0.324 e. The van der Waals surface area contributed by atoms with E-state index in [2.05, 4.69) is 20.5 Å². The quantitative estimate of drug-likeness (QED) is 0.740. The van der Waals surface area contributed by atoms with Crippen LogP contribution < -0.4 is 5.32 Å². The van der Waals surface area contributed by atoms with Crippen LogP contribution in [-0.2, 0) is 0 Å².